The fraction of sp³-hybridized carbons (Fsp3) is 0.875. The third kappa shape index (κ3) is 2.87. The van der Waals surface area contributed by atoms with Gasteiger partial charge in [-0.1, -0.05) is 0 Å². The molecule has 7 atom stereocenters. The SMILES string of the molecule is O=C(O)CC(S)C(=O)OC12CC(CO)C(C1)C1CC(CO)CC12. The molecule has 3 aliphatic carbocycles. The van der Waals surface area contributed by atoms with Crippen LogP contribution in [0.4, 0.5) is 0 Å². The Bertz CT molecular complexity index is 493. The summed E-state index contributed by atoms with van der Waals surface area (Å²) in [6, 6.07) is 0. The molecule has 7 unspecified atom stereocenters. The van der Waals surface area contributed by atoms with Crippen LogP contribution in [0.25, 0.3) is 0 Å². The first kappa shape index (κ1) is 17.0. The van der Waals surface area contributed by atoms with E-state index >= 15 is 0 Å². The Morgan fingerprint density at radius 3 is 2.52 bits per heavy atom. The molecule has 3 rings (SSSR count). The van der Waals surface area contributed by atoms with Crippen molar-refractivity contribution in [3.63, 3.8) is 0 Å². The molecule has 7 heteroatoms. The Morgan fingerprint density at radius 1 is 1.17 bits per heavy atom. The number of carbonyl (C=O) groups excluding carboxylic acids is 1. The Kier molecular flexibility index (Phi) is 4.64. The number of aliphatic carboxylic acids is 1. The van der Waals surface area contributed by atoms with E-state index in [1.165, 1.54) is 0 Å². The molecule has 3 N–H and O–H groups in total. The predicted octanol–water partition coefficient (Wildman–Crippen LogP) is 0.708. The number of thiol groups is 1. The van der Waals surface area contributed by atoms with Crippen molar-refractivity contribution in [3.05, 3.63) is 0 Å². The first-order valence-corrected chi connectivity index (χ1v) is 8.76. The summed E-state index contributed by atoms with van der Waals surface area (Å²) < 4.78 is 5.82. The summed E-state index contributed by atoms with van der Waals surface area (Å²) in [7, 11) is 0. The summed E-state index contributed by atoms with van der Waals surface area (Å²) in [4.78, 5) is 23.0. The van der Waals surface area contributed by atoms with Gasteiger partial charge in [-0.05, 0) is 49.4 Å². The van der Waals surface area contributed by atoms with Crippen molar-refractivity contribution < 1.29 is 29.6 Å². The second-order valence-electron chi connectivity index (χ2n) is 7.40. The maximum atomic E-state index is 12.3. The van der Waals surface area contributed by atoms with Crippen LogP contribution < -0.4 is 0 Å². The maximum absolute atomic E-state index is 12.3. The van der Waals surface area contributed by atoms with E-state index < -0.39 is 22.8 Å². The number of carboxylic acids is 1. The van der Waals surface area contributed by atoms with Crippen molar-refractivity contribution in [2.75, 3.05) is 13.2 Å². The minimum atomic E-state index is -1.08. The van der Waals surface area contributed by atoms with Crippen LogP contribution in [0.1, 0.15) is 32.1 Å². The zero-order chi connectivity index (χ0) is 16.8. The van der Waals surface area contributed by atoms with Crippen molar-refractivity contribution in [2.24, 2.45) is 29.6 Å². The van der Waals surface area contributed by atoms with Gasteiger partial charge >= 0.3 is 11.9 Å². The molecule has 0 aromatic rings. The topological polar surface area (TPSA) is 104 Å². The molecule has 6 nitrogen and oxygen atoms in total. The molecular weight excluding hydrogens is 320 g/mol. The van der Waals surface area contributed by atoms with Crippen molar-refractivity contribution in [3.8, 4) is 0 Å². The van der Waals surface area contributed by atoms with E-state index in [9.17, 15) is 19.8 Å². The third-order valence-corrected chi connectivity index (χ3v) is 6.56. The third-order valence-electron chi connectivity index (χ3n) is 6.17. The standard InChI is InChI=1S/C16H24O6S/c17-6-8-1-10-11-5-16(12(10)2-8,4-9(11)7-18)22-15(21)13(23)3-14(19)20/h8-13,17-18,23H,1-7H2,(H,19,20). The molecule has 0 saturated heterocycles. The Morgan fingerprint density at radius 2 is 1.91 bits per heavy atom. The lowest BCUT2D eigenvalue weighted by atomic mass is 9.74. The van der Waals surface area contributed by atoms with Crippen molar-refractivity contribution in [1.82, 2.24) is 0 Å². The second-order valence-corrected chi connectivity index (χ2v) is 8.03. The number of carbonyl (C=O) groups is 2. The number of carboxylic acid groups (broad SMARTS) is 1. The summed E-state index contributed by atoms with van der Waals surface area (Å²) in [5, 5.41) is 26.9. The van der Waals surface area contributed by atoms with Crippen LogP contribution in [0, 0.1) is 29.6 Å². The van der Waals surface area contributed by atoms with Crippen molar-refractivity contribution >= 4 is 24.6 Å². The van der Waals surface area contributed by atoms with Crippen LogP contribution >= 0.6 is 12.6 Å². The van der Waals surface area contributed by atoms with Gasteiger partial charge in [0.05, 0.1) is 6.42 Å². The monoisotopic (exact) mass is 344 g/mol. The number of esters is 1. The van der Waals surface area contributed by atoms with E-state index in [2.05, 4.69) is 12.6 Å². The molecule has 0 amide bonds. The van der Waals surface area contributed by atoms with Crippen LogP contribution in [0.15, 0.2) is 0 Å². The number of aliphatic hydroxyl groups is 2. The fourth-order valence-electron chi connectivity index (χ4n) is 5.33. The molecule has 0 aromatic heterocycles. The summed E-state index contributed by atoms with van der Waals surface area (Å²) in [5.41, 5.74) is -0.608. The Balaban J connectivity index is 1.76. The predicted molar refractivity (Wildman–Crippen MR) is 83.9 cm³/mol. The van der Waals surface area contributed by atoms with Gasteiger partial charge in [0, 0.05) is 19.1 Å². The Labute approximate surface area is 140 Å². The minimum Gasteiger partial charge on any atom is -0.481 e. The zero-order valence-electron chi connectivity index (χ0n) is 12.9. The minimum absolute atomic E-state index is 0.0798. The molecule has 3 saturated carbocycles. The summed E-state index contributed by atoms with van der Waals surface area (Å²) >= 11 is 4.06. The largest absolute Gasteiger partial charge is 0.481 e. The lowest BCUT2D eigenvalue weighted by Crippen LogP contribution is -2.43. The van der Waals surface area contributed by atoms with E-state index in [0.29, 0.717) is 18.3 Å². The molecule has 0 aromatic carbocycles. The van der Waals surface area contributed by atoms with Gasteiger partial charge in [-0.2, -0.15) is 12.6 Å². The maximum Gasteiger partial charge on any atom is 0.319 e. The van der Waals surface area contributed by atoms with Gasteiger partial charge in [0.15, 0.2) is 0 Å². The van der Waals surface area contributed by atoms with Crippen LogP contribution in [-0.2, 0) is 14.3 Å². The smallest absolute Gasteiger partial charge is 0.319 e. The molecule has 0 radical (unpaired) electrons. The van der Waals surface area contributed by atoms with Gasteiger partial charge in [-0.15, -0.1) is 0 Å². The molecule has 0 aliphatic heterocycles. The molecule has 23 heavy (non-hydrogen) atoms. The van der Waals surface area contributed by atoms with E-state index in [1.54, 1.807) is 0 Å². The van der Waals surface area contributed by atoms with Gasteiger partial charge in [-0.3, -0.25) is 9.59 Å². The molecule has 2 bridgehead atoms. The molecule has 3 fully saturated rings. The number of aliphatic hydroxyl groups excluding tert-OH is 2. The zero-order valence-corrected chi connectivity index (χ0v) is 13.8. The van der Waals surface area contributed by atoms with E-state index in [4.69, 9.17) is 9.84 Å². The second kappa shape index (κ2) is 6.26. The van der Waals surface area contributed by atoms with Crippen LogP contribution in [0.2, 0.25) is 0 Å². The number of hydrogen-bond acceptors (Lipinski definition) is 6. The van der Waals surface area contributed by atoms with Crippen molar-refractivity contribution in [2.45, 2.75) is 43.0 Å². The van der Waals surface area contributed by atoms with Crippen molar-refractivity contribution in [1.29, 1.82) is 0 Å². The lowest BCUT2D eigenvalue weighted by molar-refractivity contribution is -0.166. The van der Waals surface area contributed by atoms with Crippen LogP contribution in [0.3, 0.4) is 0 Å². The number of hydrogen-bond donors (Lipinski definition) is 4. The van der Waals surface area contributed by atoms with E-state index in [1.807, 2.05) is 0 Å². The molecular formula is C16H24O6S. The van der Waals surface area contributed by atoms with Gasteiger partial charge < -0.3 is 20.1 Å². The lowest BCUT2D eigenvalue weighted by Gasteiger charge is -2.38. The van der Waals surface area contributed by atoms with Gasteiger partial charge in [0.2, 0.25) is 0 Å². The summed E-state index contributed by atoms with van der Waals surface area (Å²) in [5.74, 6) is -0.394. The average molecular weight is 344 g/mol. The molecule has 3 aliphatic rings. The highest BCUT2D eigenvalue weighted by Crippen LogP contribution is 2.65. The number of ether oxygens (including phenoxy) is 1. The van der Waals surface area contributed by atoms with E-state index in [-0.39, 0.29) is 37.4 Å². The highest BCUT2D eigenvalue weighted by molar-refractivity contribution is 7.81. The normalized spacial score (nSPS) is 42.5. The van der Waals surface area contributed by atoms with Gasteiger partial charge in [0.1, 0.15) is 10.9 Å². The summed E-state index contributed by atoms with van der Waals surface area (Å²) in [6.45, 7) is 0.220. The van der Waals surface area contributed by atoms with Crippen LogP contribution in [0.5, 0.6) is 0 Å². The van der Waals surface area contributed by atoms with Crippen LogP contribution in [-0.4, -0.2) is 51.3 Å². The molecule has 0 heterocycles. The number of rotatable bonds is 6. The quantitative estimate of drug-likeness (QED) is 0.418. The van der Waals surface area contributed by atoms with Gasteiger partial charge in [0.25, 0.3) is 0 Å². The highest BCUT2D eigenvalue weighted by Gasteiger charge is 2.65. The summed E-state index contributed by atoms with van der Waals surface area (Å²) in [6.07, 6.45) is 2.76. The fourth-order valence-corrected chi connectivity index (χ4v) is 5.54. The molecule has 130 valence electrons. The Hall–Kier alpha value is -0.790. The first-order chi connectivity index (χ1) is 10.9. The van der Waals surface area contributed by atoms with Gasteiger partial charge in [-0.25, -0.2) is 0 Å². The number of fused-ring (bicyclic) bond motifs is 5. The average Bonchev–Trinajstić information content (AvgIpc) is 3.14. The molecule has 0 spiro atoms. The first-order valence-electron chi connectivity index (χ1n) is 8.24. The van der Waals surface area contributed by atoms with E-state index in [0.717, 1.165) is 19.3 Å². The highest BCUT2D eigenvalue weighted by atomic mass is 32.1.